The van der Waals surface area contributed by atoms with Gasteiger partial charge in [-0.1, -0.05) is 30.3 Å². The van der Waals surface area contributed by atoms with Gasteiger partial charge in [-0.05, 0) is 31.0 Å². The van der Waals surface area contributed by atoms with Gasteiger partial charge in [0.25, 0.3) is 5.91 Å². The average Bonchev–Trinajstić information content (AvgIpc) is 2.67. The molecule has 2 aromatic rings. The van der Waals surface area contributed by atoms with Gasteiger partial charge in [0.15, 0.2) is 0 Å². The Morgan fingerprint density at radius 3 is 2.62 bits per heavy atom. The highest BCUT2D eigenvalue weighted by molar-refractivity contribution is 6.08. The largest absolute Gasteiger partial charge is 0.507 e. The Labute approximate surface area is 123 Å². The second-order valence-corrected chi connectivity index (χ2v) is 5.19. The number of carbonyl (C=O) groups is 1. The Morgan fingerprint density at radius 1 is 1.10 bits per heavy atom. The van der Waals surface area contributed by atoms with Crippen LogP contribution in [0, 0.1) is 0 Å². The van der Waals surface area contributed by atoms with Gasteiger partial charge in [0.1, 0.15) is 5.75 Å². The third-order valence-electron chi connectivity index (χ3n) is 3.83. The van der Waals surface area contributed by atoms with Crippen molar-refractivity contribution >= 4 is 11.6 Å². The number of aromatic hydroxyl groups is 1. The topological polar surface area (TPSA) is 60.8 Å². The van der Waals surface area contributed by atoms with Crippen molar-refractivity contribution in [2.24, 2.45) is 0 Å². The maximum Gasteiger partial charge on any atom is 0.262 e. The van der Waals surface area contributed by atoms with Crippen LogP contribution in [0.5, 0.6) is 5.75 Å². The summed E-state index contributed by atoms with van der Waals surface area (Å²) in [7, 11) is 0. The number of amides is 1. The number of carbonyl (C=O) groups excluding carboxylic acids is 1. The van der Waals surface area contributed by atoms with Crippen molar-refractivity contribution in [3.8, 4) is 5.75 Å². The molecular weight excluding hydrogens is 266 g/mol. The molecule has 0 spiro atoms. The summed E-state index contributed by atoms with van der Waals surface area (Å²) in [5, 5.41) is 20.1. The van der Waals surface area contributed by atoms with Crippen molar-refractivity contribution in [2.45, 2.75) is 18.9 Å². The zero-order valence-corrected chi connectivity index (χ0v) is 11.6. The van der Waals surface area contributed by atoms with E-state index in [9.17, 15) is 15.0 Å². The SMILES string of the molecule is O=C(c1ccccc1O)N1CCCC(O)c2ccccc21. The van der Waals surface area contributed by atoms with Crippen LogP contribution in [-0.4, -0.2) is 22.7 Å². The van der Waals surface area contributed by atoms with Gasteiger partial charge in [0.05, 0.1) is 11.7 Å². The van der Waals surface area contributed by atoms with Crippen molar-refractivity contribution in [1.82, 2.24) is 0 Å². The monoisotopic (exact) mass is 283 g/mol. The summed E-state index contributed by atoms with van der Waals surface area (Å²) in [5.74, 6) is -0.264. The maximum atomic E-state index is 12.7. The van der Waals surface area contributed by atoms with Gasteiger partial charge in [0.2, 0.25) is 0 Å². The number of anilines is 1. The summed E-state index contributed by atoms with van der Waals surface area (Å²) >= 11 is 0. The number of phenols is 1. The van der Waals surface area contributed by atoms with E-state index in [-0.39, 0.29) is 17.2 Å². The van der Waals surface area contributed by atoms with Crippen LogP contribution in [0.25, 0.3) is 0 Å². The molecule has 1 unspecified atom stereocenters. The Morgan fingerprint density at radius 2 is 1.81 bits per heavy atom. The van der Waals surface area contributed by atoms with Gasteiger partial charge in [-0.25, -0.2) is 0 Å². The third-order valence-corrected chi connectivity index (χ3v) is 3.83. The molecule has 3 rings (SSSR count). The minimum Gasteiger partial charge on any atom is -0.507 e. The van der Waals surface area contributed by atoms with Crippen LogP contribution < -0.4 is 4.90 Å². The number of para-hydroxylation sites is 2. The molecule has 1 heterocycles. The number of benzene rings is 2. The molecule has 1 aliphatic heterocycles. The Balaban J connectivity index is 2.04. The molecular formula is C17H17NO3. The predicted octanol–water partition coefficient (Wildman–Crippen LogP) is 2.87. The van der Waals surface area contributed by atoms with E-state index < -0.39 is 6.10 Å². The van der Waals surface area contributed by atoms with Crippen molar-refractivity contribution < 1.29 is 15.0 Å². The van der Waals surface area contributed by atoms with E-state index in [1.165, 1.54) is 6.07 Å². The summed E-state index contributed by atoms with van der Waals surface area (Å²) in [6, 6.07) is 13.9. The predicted molar refractivity (Wildman–Crippen MR) is 80.4 cm³/mol. The lowest BCUT2D eigenvalue weighted by atomic mass is 10.0. The lowest BCUT2D eigenvalue weighted by Crippen LogP contribution is -2.31. The zero-order chi connectivity index (χ0) is 14.8. The van der Waals surface area contributed by atoms with Crippen LogP contribution in [0.1, 0.15) is 34.9 Å². The minimum absolute atomic E-state index is 0.0234. The van der Waals surface area contributed by atoms with Crippen LogP contribution in [0.2, 0.25) is 0 Å². The van der Waals surface area contributed by atoms with E-state index in [1.54, 1.807) is 23.1 Å². The van der Waals surface area contributed by atoms with E-state index in [0.717, 1.165) is 17.7 Å². The van der Waals surface area contributed by atoms with E-state index in [4.69, 9.17) is 0 Å². The summed E-state index contributed by atoms with van der Waals surface area (Å²) in [5.41, 5.74) is 1.76. The van der Waals surface area contributed by atoms with Gasteiger partial charge in [-0.15, -0.1) is 0 Å². The van der Waals surface area contributed by atoms with E-state index in [1.807, 2.05) is 24.3 Å². The number of fused-ring (bicyclic) bond motifs is 1. The first kappa shape index (κ1) is 13.6. The van der Waals surface area contributed by atoms with Crippen molar-refractivity contribution in [3.05, 3.63) is 59.7 Å². The summed E-state index contributed by atoms with van der Waals surface area (Å²) in [6.45, 7) is 0.529. The normalized spacial score (nSPS) is 18.0. The van der Waals surface area contributed by atoms with E-state index in [0.29, 0.717) is 13.0 Å². The highest BCUT2D eigenvalue weighted by Gasteiger charge is 2.26. The van der Waals surface area contributed by atoms with Gasteiger partial charge in [0, 0.05) is 17.8 Å². The number of hydrogen-bond donors (Lipinski definition) is 2. The summed E-state index contributed by atoms with van der Waals surface area (Å²) < 4.78 is 0. The van der Waals surface area contributed by atoms with Crippen molar-refractivity contribution in [2.75, 3.05) is 11.4 Å². The number of aliphatic hydroxyl groups is 1. The summed E-state index contributed by atoms with van der Waals surface area (Å²) in [6.07, 6.45) is 0.792. The maximum absolute atomic E-state index is 12.7. The number of aliphatic hydroxyl groups excluding tert-OH is 1. The number of nitrogens with zero attached hydrogens (tertiary/aromatic N) is 1. The lowest BCUT2D eigenvalue weighted by Gasteiger charge is -2.23. The summed E-state index contributed by atoms with van der Waals surface area (Å²) in [4.78, 5) is 14.4. The minimum atomic E-state index is -0.552. The second kappa shape index (κ2) is 5.58. The molecule has 1 aliphatic rings. The Bertz CT molecular complexity index is 669. The van der Waals surface area contributed by atoms with E-state index in [2.05, 4.69) is 0 Å². The quantitative estimate of drug-likeness (QED) is 0.846. The molecule has 0 fully saturated rings. The average molecular weight is 283 g/mol. The van der Waals surface area contributed by atoms with Gasteiger partial charge in [-0.2, -0.15) is 0 Å². The molecule has 4 heteroatoms. The first-order valence-corrected chi connectivity index (χ1v) is 7.05. The van der Waals surface area contributed by atoms with E-state index >= 15 is 0 Å². The molecule has 21 heavy (non-hydrogen) atoms. The molecule has 0 saturated heterocycles. The number of rotatable bonds is 1. The molecule has 0 bridgehead atoms. The first-order chi connectivity index (χ1) is 10.2. The van der Waals surface area contributed by atoms with Crippen molar-refractivity contribution in [3.63, 3.8) is 0 Å². The third kappa shape index (κ3) is 2.50. The van der Waals surface area contributed by atoms with Gasteiger partial charge in [-0.3, -0.25) is 4.79 Å². The number of hydrogen-bond acceptors (Lipinski definition) is 3. The fourth-order valence-corrected chi connectivity index (χ4v) is 2.74. The molecule has 0 aromatic heterocycles. The standard InChI is InChI=1S/C17H17NO3/c19-15-10-5-11-18(14-8-3-1-6-12(14)15)17(21)13-7-2-4-9-16(13)20/h1-4,6-9,15,19-20H,5,10-11H2. The molecule has 0 radical (unpaired) electrons. The van der Waals surface area contributed by atoms with Crippen LogP contribution in [0.4, 0.5) is 5.69 Å². The first-order valence-electron chi connectivity index (χ1n) is 7.05. The molecule has 0 aliphatic carbocycles. The van der Waals surface area contributed by atoms with Crippen LogP contribution >= 0.6 is 0 Å². The molecule has 1 atom stereocenters. The van der Waals surface area contributed by atoms with Crippen LogP contribution in [-0.2, 0) is 0 Å². The van der Waals surface area contributed by atoms with Crippen LogP contribution in [0.15, 0.2) is 48.5 Å². The molecule has 2 N–H and O–H groups in total. The van der Waals surface area contributed by atoms with Gasteiger partial charge < -0.3 is 15.1 Å². The lowest BCUT2D eigenvalue weighted by molar-refractivity contribution is 0.0984. The van der Waals surface area contributed by atoms with Crippen molar-refractivity contribution in [1.29, 1.82) is 0 Å². The Hall–Kier alpha value is -2.33. The highest BCUT2D eigenvalue weighted by atomic mass is 16.3. The fraction of sp³-hybridized carbons (Fsp3) is 0.235. The molecule has 4 nitrogen and oxygen atoms in total. The van der Waals surface area contributed by atoms with Gasteiger partial charge >= 0.3 is 0 Å². The molecule has 108 valence electrons. The smallest absolute Gasteiger partial charge is 0.262 e. The molecule has 0 saturated carbocycles. The van der Waals surface area contributed by atoms with Crippen LogP contribution in [0.3, 0.4) is 0 Å². The highest BCUT2D eigenvalue weighted by Crippen LogP contribution is 2.34. The second-order valence-electron chi connectivity index (χ2n) is 5.19. The fourth-order valence-electron chi connectivity index (χ4n) is 2.74. The number of phenolic OH excluding ortho intramolecular Hbond substituents is 1. The molecule has 1 amide bonds. The molecule has 2 aromatic carbocycles. The zero-order valence-electron chi connectivity index (χ0n) is 11.6. The Kier molecular flexibility index (Phi) is 3.62.